The zero-order valence-electron chi connectivity index (χ0n) is 12.6. The SMILES string of the molecule is CC(C)c1nn(C)c(Cl)c1C(O)C1CC1c1ccccc1. The van der Waals surface area contributed by atoms with E-state index >= 15 is 0 Å². The summed E-state index contributed by atoms with van der Waals surface area (Å²) >= 11 is 6.36. The molecule has 0 aliphatic heterocycles. The maximum Gasteiger partial charge on any atom is 0.132 e. The van der Waals surface area contributed by atoms with Crippen LogP contribution in [0.3, 0.4) is 0 Å². The first-order valence-corrected chi connectivity index (χ1v) is 7.83. The van der Waals surface area contributed by atoms with E-state index in [1.54, 1.807) is 4.68 Å². The Morgan fingerprint density at radius 2 is 1.95 bits per heavy atom. The number of rotatable bonds is 4. The van der Waals surface area contributed by atoms with Gasteiger partial charge in [-0.05, 0) is 29.7 Å². The number of halogens is 1. The van der Waals surface area contributed by atoms with Gasteiger partial charge in [-0.2, -0.15) is 5.10 Å². The largest absolute Gasteiger partial charge is 0.388 e. The monoisotopic (exact) mass is 304 g/mol. The van der Waals surface area contributed by atoms with Crippen molar-refractivity contribution in [2.75, 3.05) is 0 Å². The summed E-state index contributed by atoms with van der Waals surface area (Å²) in [6.07, 6.45) is 0.474. The standard InChI is InChI=1S/C17H21ClN2O/c1-10(2)15-14(17(18)20(3)19-15)16(21)13-9-12(13)11-7-5-4-6-8-11/h4-8,10,12-13,16,21H,9H2,1-3H3. The highest BCUT2D eigenvalue weighted by molar-refractivity contribution is 6.30. The molecule has 0 saturated heterocycles. The quantitative estimate of drug-likeness (QED) is 0.926. The molecule has 2 aromatic rings. The molecule has 1 aromatic carbocycles. The van der Waals surface area contributed by atoms with Crippen molar-refractivity contribution >= 4 is 11.6 Å². The number of hydrogen-bond donors (Lipinski definition) is 1. The first-order chi connectivity index (χ1) is 10.0. The van der Waals surface area contributed by atoms with Crippen molar-refractivity contribution in [1.82, 2.24) is 9.78 Å². The number of benzene rings is 1. The van der Waals surface area contributed by atoms with Gasteiger partial charge in [0.1, 0.15) is 5.15 Å². The van der Waals surface area contributed by atoms with Crippen LogP contribution in [0, 0.1) is 5.92 Å². The van der Waals surface area contributed by atoms with Gasteiger partial charge in [0.2, 0.25) is 0 Å². The van der Waals surface area contributed by atoms with Gasteiger partial charge in [0, 0.05) is 12.6 Å². The zero-order chi connectivity index (χ0) is 15.1. The van der Waals surface area contributed by atoms with E-state index in [4.69, 9.17) is 11.6 Å². The van der Waals surface area contributed by atoms with Crippen LogP contribution in [0.25, 0.3) is 0 Å². The summed E-state index contributed by atoms with van der Waals surface area (Å²) in [5, 5.41) is 15.8. The second-order valence-electron chi connectivity index (χ2n) is 6.23. The number of aliphatic hydroxyl groups excluding tert-OH is 1. The Morgan fingerprint density at radius 3 is 2.57 bits per heavy atom. The highest BCUT2D eigenvalue weighted by atomic mass is 35.5. The molecule has 3 rings (SSSR count). The lowest BCUT2D eigenvalue weighted by Gasteiger charge is -2.13. The lowest BCUT2D eigenvalue weighted by atomic mass is 9.97. The van der Waals surface area contributed by atoms with Gasteiger partial charge in [0.05, 0.1) is 11.8 Å². The number of aliphatic hydroxyl groups is 1. The third-order valence-electron chi connectivity index (χ3n) is 4.36. The molecule has 1 fully saturated rings. The van der Waals surface area contributed by atoms with E-state index in [1.807, 2.05) is 25.2 Å². The minimum Gasteiger partial charge on any atom is -0.388 e. The molecule has 0 radical (unpaired) electrons. The first-order valence-electron chi connectivity index (χ1n) is 7.46. The second kappa shape index (κ2) is 5.47. The van der Waals surface area contributed by atoms with Crippen molar-refractivity contribution in [3.63, 3.8) is 0 Å². The molecular weight excluding hydrogens is 284 g/mol. The highest BCUT2D eigenvalue weighted by Gasteiger charge is 2.45. The van der Waals surface area contributed by atoms with E-state index in [-0.39, 0.29) is 11.8 Å². The van der Waals surface area contributed by atoms with Gasteiger partial charge in [0.25, 0.3) is 0 Å². The average Bonchev–Trinajstić information content (AvgIpc) is 3.21. The van der Waals surface area contributed by atoms with Crippen LogP contribution in [-0.2, 0) is 7.05 Å². The highest BCUT2D eigenvalue weighted by Crippen LogP contribution is 2.55. The number of aryl methyl sites for hydroxylation is 1. The van der Waals surface area contributed by atoms with Gasteiger partial charge in [-0.15, -0.1) is 0 Å². The summed E-state index contributed by atoms with van der Waals surface area (Å²) in [5.74, 6) is 0.923. The molecule has 0 spiro atoms. The lowest BCUT2D eigenvalue weighted by molar-refractivity contribution is 0.150. The van der Waals surface area contributed by atoms with E-state index in [0.29, 0.717) is 11.1 Å². The fraction of sp³-hybridized carbons (Fsp3) is 0.471. The Hall–Kier alpha value is -1.32. The van der Waals surface area contributed by atoms with Crippen LogP contribution < -0.4 is 0 Å². The Balaban J connectivity index is 1.86. The Morgan fingerprint density at radius 1 is 1.29 bits per heavy atom. The second-order valence-corrected chi connectivity index (χ2v) is 6.59. The molecule has 0 bridgehead atoms. The van der Waals surface area contributed by atoms with Crippen molar-refractivity contribution in [3.05, 3.63) is 52.3 Å². The van der Waals surface area contributed by atoms with Crippen molar-refractivity contribution in [1.29, 1.82) is 0 Å². The van der Waals surface area contributed by atoms with E-state index in [1.165, 1.54) is 5.56 Å². The smallest absolute Gasteiger partial charge is 0.132 e. The van der Waals surface area contributed by atoms with Gasteiger partial charge in [-0.1, -0.05) is 55.8 Å². The van der Waals surface area contributed by atoms with Crippen molar-refractivity contribution in [2.24, 2.45) is 13.0 Å². The molecule has 1 aromatic heterocycles. The molecule has 1 N–H and O–H groups in total. The predicted molar refractivity (Wildman–Crippen MR) is 84.6 cm³/mol. The third kappa shape index (κ3) is 2.60. The number of hydrogen-bond acceptors (Lipinski definition) is 2. The number of aromatic nitrogens is 2. The molecule has 1 aliphatic rings. The normalized spacial score (nSPS) is 22.6. The van der Waals surface area contributed by atoms with Gasteiger partial charge in [0.15, 0.2) is 0 Å². The van der Waals surface area contributed by atoms with Crippen LogP contribution >= 0.6 is 11.6 Å². The summed E-state index contributed by atoms with van der Waals surface area (Å²) < 4.78 is 1.66. The molecule has 3 unspecified atom stereocenters. The van der Waals surface area contributed by atoms with Gasteiger partial charge >= 0.3 is 0 Å². The van der Waals surface area contributed by atoms with Crippen LogP contribution in [0.15, 0.2) is 30.3 Å². The molecule has 3 nitrogen and oxygen atoms in total. The van der Waals surface area contributed by atoms with E-state index in [9.17, 15) is 5.11 Å². The Bertz CT molecular complexity index is 636. The summed E-state index contributed by atoms with van der Waals surface area (Å²) in [6.45, 7) is 4.16. The Labute approximate surface area is 130 Å². The summed E-state index contributed by atoms with van der Waals surface area (Å²) in [5.41, 5.74) is 3.03. The molecule has 21 heavy (non-hydrogen) atoms. The van der Waals surface area contributed by atoms with Crippen LogP contribution in [0.2, 0.25) is 5.15 Å². The maximum atomic E-state index is 10.8. The maximum absolute atomic E-state index is 10.8. The zero-order valence-corrected chi connectivity index (χ0v) is 13.4. The first kappa shape index (κ1) is 14.6. The number of nitrogens with zero attached hydrogens (tertiary/aromatic N) is 2. The molecule has 3 atom stereocenters. The topological polar surface area (TPSA) is 38.0 Å². The molecule has 112 valence electrons. The van der Waals surface area contributed by atoms with E-state index < -0.39 is 6.10 Å². The van der Waals surface area contributed by atoms with Gasteiger partial charge in [-0.3, -0.25) is 4.68 Å². The summed E-state index contributed by atoms with van der Waals surface area (Å²) in [6, 6.07) is 10.4. The van der Waals surface area contributed by atoms with E-state index in [2.05, 4.69) is 31.1 Å². The van der Waals surface area contributed by atoms with E-state index in [0.717, 1.165) is 17.7 Å². The summed E-state index contributed by atoms with van der Waals surface area (Å²) in [4.78, 5) is 0. The average molecular weight is 305 g/mol. The van der Waals surface area contributed by atoms with Crippen LogP contribution in [0.4, 0.5) is 0 Å². The predicted octanol–water partition coefficient (Wildman–Crippen LogP) is 4.03. The molecule has 4 heteroatoms. The Kier molecular flexibility index (Phi) is 3.80. The fourth-order valence-electron chi connectivity index (χ4n) is 3.10. The third-order valence-corrected chi connectivity index (χ3v) is 4.80. The minimum atomic E-state index is -0.534. The molecular formula is C17H21ClN2O. The van der Waals surface area contributed by atoms with Crippen molar-refractivity contribution < 1.29 is 5.11 Å². The van der Waals surface area contributed by atoms with Gasteiger partial charge in [-0.25, -0.2) is 0 Å². The van der Waals surface area contributed by atoms with Crippen LogP contribution in [0.1, 0.15) is 55.0 Å². The molecule has 0 amide bonds. The van der Waals surface area contributed by atoms with Gasteiger partial charge < -0.3 is 5.11 Å². The van der Waals surface area contributed by atoms with Crippen molar-refractivity contribution in [2.45, 2.75) is 38.2 Å². The lowest BCUT2D eigenvalue weighted by Crippen LogP contribution is -2.05. The molecule has 1 aliphatic carbocycles. The summed E-state index contributed by atoms with van der Waals surface area (Å²) in [7, 11) is 1.83. The minimum absolute atomic E-state index is 0.242. The van der Waals surface area contributed by atoms with Crippen LogP contribution in [0.5, 0.6) is 0 Å². The molecule has 1 saturated carbocycles. The van der Waals surface area contributed by atoms with Crippen molar-refractivity contribution in [3.8, 4) is 0 Å². The molecule has 1 heterocycles. The fourth-order valence-corrected chi connectivity index (χ4v) is 3.35. The van der Waals surface area contributed by atoms with Crippen LogP contribution in [-0.4, -0.2) is 14.9 Å².